The fourth-order valence-electron chi connectivity index (χ4n) is 1.86. The number of hydrogen-bond acceptors (Lipinski definition) is 3. The monoisotopic (exact) mass is 304 g/mol. The summed E-state index contributed by atoms with van der Waals surface area (Å²) >= 11 is 0. The summed E-state index contributed by atoms with van der Waals surface area (Å²) in [4.78, 5) is 17.2. The van der Waals surface area contributed by atoms with E-state index in [9.17, 15) is 18.0 Å². The van der Waals surface area contributed by atoms with E-state index in [2.05, 4.69) is 10.1 Å². The van der Waals surface area contributed by atoms with Crippen LogP contribution in [0, 0.1) is 0 Å². The number of anilines is 1. The van der Waals surface area contributed by atoms with Crippen molar-refractivity contribution in [2.75, 3.05) is 18.5 Å². The number of nitrogens with one attached hydrogen (secondary N) is 1. The second kappa shape index (κ2) is 6.66. The molecule has 1 fully saturated rings. The maximum atomic E-state index is 12.0. The average Bonchev–Trinajstić information content (AvgIpc) is 2.68. The molecule has 2 amide bonds. The highest BCUT2D eigenvalue weighted by Gasteiger charge is 2.31. The highest BCUT2D eigenvalue weighted by atomic mass is 19.4. The second-order valence-corrected chi connectivity index (χ2v) is 4.50. The van der Waals surface area contributed by atoms with Crippen LogP contribution in [0.4, 0.5) is 23.7 Å². The zero-order valence-electron chi connectivity index (χ0n) is 11.2. The van der Waals surface area contributed by atoms with E-state index in [1.54, 1.807) is 0 Å². The van der Waals surface area contributed by atoms with Crippen LogP contribution in [-0.2, 0) is 4.84 Å². The minimum absolute atomic E-state index is 0.341. The molecule has 1 aromatic rings. The van der Waals surface area contributed by atoms with Crippen LogP contribution in [-0.4, -0.2) is 30.6 Å². The van der Waals surface area contributed by atoms with Crippen LogP contribution >= 0.6 is 0 Å². The van der Waals surface area contributed by atoms with Crippen LogP contribution < -0.4 is 10.1 Å². The van der Waals surface area contributed by atoms with Gasteiger partial charge in [0.2, 0.25) is 0 Å². The topological polar surface area (TPSA) is 50.8 Å². The first-order valence-corrected chi connectivity index (χ1v) is 6.51. The Hall–Kier alpha value is -1.96. The van der Waals surface area contributed by atoms with Gasteiger partial charge in [0, 0.05) is 5.69 Å². The van der Waals surface area contributed by atoms with Crippen molar-refractivity contribution in [1.29, 1.82) is 0 Å². The van der Waals surface area contributed by atoms with Crippen LogP contribution in [0.3, 0.4) is 0 Å². The molecule has 0 spiro atoms. The van der Waals surface area contributed by atoms with Gasteiger partial charge in [0.05, 0.1) is 13.2 Å². The Kier molecular flexibility index (Phi) is 4.89. The number of amides is 2. The van der Waals surface area contributed by atoms with Crippen molar-refractivity contribution in [2.24, 2.45) is 0 Å². The Morgan fingerprint density at radius 3 is 2.57 bits per heavy atom. The highest BCUT2D eigenvalue weighted by molar-refractivity contribution is 5.88. The largest absolute Gasteiger partial charge is 0.573 e. The quantitative estimate of drug-likeness (QED) is 0.909. The number of hydrogen-bond donors (Lipinski definition) is 1. The predicted molar refractivity (Wildman–Crippen MR) is 68.7 cm³/mol. The van der Waals surface area contributed by atoms with Crippen molar-refractivity contribution in [3.05, 3.63) is 24.3 Å². The fraction of sp³-hybridized carbons (Fsp3) is 0.462. The molecule has 21 heavy (non-hydrogen) atoms. The number of urea groups is 1. The Labute approximate surface area is 119 Å². The number of carbonyl (C=O) groups is 1. The van der Waals surface area contributed by atoms with E-state index in [1.165, 1.54) is 17.2 Å². The first kappa shape index (κ1) is 15.4. The van der Waals surface area contributed by atoms with Crippen molar-refractivity contribution in [3.63, 3.8) is 0 Å². The van der Waals surface area contributed by atoms with Crippen LogP contribution in [0.5, 0.6) is 5.75 Å². The fourth-order valence-corrected chi connectivity index (χ4v) is 1.86. The zero-order valence-corrected chi connectivity index (χ0v) is 11.2. The van der Waals surface area contributed by atoms with Gasteiger partial charge in [-0.05, 0) is 43.5 Å². The molecule has 0 atom stereocenters. The lowest BCUT2D eigenvalue weighted by atomic mass is 10.2. The van der Waals surface area contributed by atoms with Crippen LogP contribution in [0.1, 0.15) is 19.3 Å². The lowest BCUT2D eigenvalue weighted by molar-refractivity contribution is -0.274. The van der Waals surface area contributed by atoms with E-state index in [-0.39, 0.29) is 5.75 Å². The number of rotatable bonds is 2. The molecule has 0 aromatic heterocycles. The van der Waals surface area contributed by atoms with Gasteiger partial charge < -0.3 is 10.1 Å². The van der Waals surface area contributed by atoms with Gasteiger partial charge >= 0.3 is 12.4 Å². The number of nitrogens with zero attached hydrogens (tertiary/aromatic N) is 1. The molecule has 0 bridgehead atoms. The van der Waals surface area contributed by atoms with Crippen LogP contribution in [0.2, 0.25) is 0 Å². The summed E-state index contributed by atoms with van der Waals surface area (Å²) < 4.78 is 39.8. The molecular weight excluding hydrogens is 289 g/mol. The third kappa shape index (κ3) is 5.14. The summed E-state index contributed by atoms with van der Waals surface area (Å²) in [5, 5.41) is 3.78. The van der Waals surface area contributed by atoms with E-state index in [4.69, 9.17) is 4.84 Å². The van der Waals surface area contributed by atoms with Gasteiger partial charge in [0.25, 0.3) is 0 Å². The number of benzene rings is 1. The van der Waals surface area contributed by atoms with Crippen molar-refractivity contribution in [3.8, 4) is 5.75 Å². The minimum Gasteiger partial charge on any atom is -0.406 e. The third-order valence-electron chi connectivity index (χ3n) is 2.82. The lowest BCUT2D eigenvalue weighted by Gasteiger charge is -2.19. The average molecular weight is 304 g/mol. The van der Waals surface area contributed by atoms with Gasteiger partial charge in [-0.15, -0.1) is 13.2 Å². The summed E-state index contributed by atoms with van der Waals surface area (Å²) in [6.07, 6.45) is -1.99. The maximum Gasteiger partial charge on any atom is 0.573 e. The maximum absolute atomic E-state index is 12.0. The van der Waals surface area contributed by atoms with Crippen molar-refractivity contribution in [1.82, 2.24) is 5.06 Å². The number of alkyl halides is 3. The van der Waals surface area contributed by atoms with E-state index < -0.39 is 12.4 Å². The summed E-state index contributed by atoms with van der Waals surface area (Å²) in [6, 6.07) is 4.48. The van der Waals surface area contributed by atoms with Crippen molar-refractivity contribution >= 4 is 11.7 Å². The molecule has 8 heteroatoms. The molecule has 0 saturated carbocycles. The summed E-state index contributed by atoms with van der Waals surface area (Å²) in [7, 11) is 0. The molecule has 0 radical (unpaired) electrons. The molecule has 1 aliphatic rings. The van der Waals surface area contributed by atoms with Gasteiger partial charge in [0.15, 0.2) is 0 Å². The first-order chi connectivity index (χ1) is 9.94. The smallest absolute Gasteiger partial charge is 0.406 e. The first-order valence-electron chi connectivity index (χ1n) is 6.51. The molecule has 116 valence electrons. The Morgan fingerprint density at radius 2 is 1.90 bits per heavy atom. The van der Waals surface area contributed by atoms with Gasteiger partial charge in [0.1, 0.15) is 5.75 Å². The van der Waals surface area contributed by atoms with Gasteiger partial charge in [-0.2, -0.15) is 0 Å². The molecular formula is C13H15F3N2O3. The predicted octanol–water partition coefficient (Wildman–Crippen LogP) is 3.53. The van der Waals surface area contributed by atoms with Crippen molar-refractivity contribution in [2.45, 2.75) is 25.6 Å². The minimum atomic E-state index is -4.73. The van der Waals surface area contributed by atoms with Crippen molar-refractivity contribution < 1.29 is 27.5 Å². The summed E-state index contributed by atoms with van der Waals surface area (Å²) in [6.45, 7) is 0.965. The van der Waals surface area contributed by atoms with Gasteiger partial charge in [-0.1, -0.05) is 0 Å². The second-order valence-electron chi connectivity index (χ2n) is 4.50. The Balaban J connectivity index is 1.91. The standard InChI is InChI=1S/C13H15F3N2O3/c14-13(15,16)21-11-6-4-10(5-7-11)17-12(19)18-8-2-1-3-9-20-18/h4-7H,1-3,8-9H2,(H,17,19). The molecule has 1 aliphatic heterocycles. The number of carbonyl (C=O) groups excluding carboxylic acids is 1. The number of ether oxygens (including phenoxy) is 1. The Bertz CT molecular complexity index is 469. The van der Waals surface area contributed by atoms with E-state index in [0.29, 0.717) is 18.8 Å². The van der Waals surface area contributed by atoms with Gasteiger partial charge in [-0.25, -0.2) is 9.86 Å². The van der Waals surface area contributed by atoms with E-state index in [0.717, 1.165) is 31.4 Å². The van der Waals surface area contributed by atoms with Gasteiger partial charge in [-0.3, -0.25) is 4.84 Å². The zero-order chi connectivity index (χ0) is 15.3. The SMILES string of the molecule is O=C(Nc1ccc(OC(F)(F)F)cc1)N1CCCCCO1. The van der Waals surface area contributed by atoms with E-state index >= 15 is 0 Å². The summed E-state index contributed by atoms with van der Waals surface area (Å²) in [5.74, 6) is -0.341. The molecule has 5 nitrogen and oxygen atoms in total. The molecule has 0 aliphatic carbocycles. The molecule has 1 aromatic carbocycles. The van der Waals surface area contributed by atoms with E-state index in [1.807, 2.05) is 0 Å². The van der Waals surface area contributed by atoms with Crippen LogP contribution in [0.15, 0.2) is 24.3 Å². The highest BCUT2D eigenvalue weighted by Crippen LogP contribution is 2.24. The molecule has 1 saturated heterocycles. The van der Waals surface area contributed by atoms with Crippen LogP contribution in [0.25, 0.3) is 0 Å². The molecule has 2 rings (SSSR count). The number of hydroxylamine groups is 2. The lowest BCUT2D eigenvalue weighted by Crippen LogP contribution is -2.35. The normalized spacial score (nSPS) is 16.2. The molecule has 1 N–H and O–H groups in total. The molecule has 1 heterocycles. The molecule has 0 unspecified atom stereocenters. The Morgan fingerprint density at radius 1 is 1.19 bits per heavy atom. The third-order valence-corrected chi connectivity index (χ3v) is 2.82. The number of halogens is 3. The summed E-state index contributed by atoms with van der Waals surface area (Å²) in [5.41, 5.74) is 0.363.